The van der Waals surface area contributed by atoms with Gasteiger partial charge in [0.1, 0.15) is 5.82 Å². The van der Waals surface area contributed by atoms with Gasteiger partial charge in [0.05, 0.1) is 5.56 Å². The van der Waals surface area contributed by atoms with Crippen molar-refractivity contribution < 1.29 is 18.0 Å². The summed E-state index contributed by atoms with van der Waals surface area (Å²) in [5.41, 5.74) is 0.602. The number of hydrogen-bond acceptors (Lipinski definition) is 3. The Bertz CT molecular complexity index is 856. The van der Waals surface area contributed by atoms with E-state index in [1.165, 1.54) is 18.1 Å². The average Bonchev–Trinajstić information content (AvgIpc) is 2.73. The number of nitrogens with one attached hydrogen (secondary N) is 1. The molecule has 1 aromatic carbocycles. The Morgan fingerprint density at radius 2 is 1.80 bits per heavy atom. The second-order valence-corrected chi connectivity index (χ2v) is 8.38. The van der Waals surface area contributed by atoms with Gasteiger partial charge in [-0.2, -0.15) is 13.2 Å². The van der Waals surface area contributed by atoms with E-state index in [1.807, 2.05) is 23.1 Å². The summed E-state index contributed by atoms with van der Waals surface area (Å²) in [5, 5.41) is 3.17. The Hall–Kier alpha value is -2.57. The van der Waals surface area contributed by atoms with Gasteiger partial charge in [0.25, 0.3) is 0 Å². The highest BCUT2D eigenvalue weighted by Crippen LogP contribution is 2.43. The highest BCUT2D eigenvalue weighted by molar-refractivity contribution is 5.79. The van der Waals surface area contributed by atoms with Crippen LogP contribution in [0.4, 0.5) is 19.0 Å². The zero-order valence-corrected chi connectivity index (χ0v) is 16.8. The van der Waals surface area contributed by atoms with Crippen LogP contribution in [-0.2, 0) is 16.4 Å². The molecule has 160 valence electrons. The highest BCUT2D eigenvalue weighted by Gasteiger charge is 2.39. The predicted octanol–water partition coefficient (Wildman–Crippen LogP) is 4.55. The van der Waals surface area contributed by atoms with E-state index in [0.717, 1.165) is 25.1 Å². The zero-order valence-electron chi connectivity index (χ0n) is 16.8. The first-order valence-electron chi connectivity index (χ1n) is 10.5. The first kappa shape index (κ1) is 20.7. The summed E-state index contributed by atoms with van der Waals surface area (Å²) >= 11 is 0. The van der Waals surface area contributed by atoms with Crippen molar-refractivity contribution in [3.05, 3.63) is 59.8 Å². The summed E-state index contributed by atoms with van der Waals surface area (Å²) in [6.45, 7) is 1.89. The molecule has 2 aliphatic rings. The molecule has 1 aliphatic heterocycles. The third kappa shape index (κ3) is 4.30. The lowest BCUT2D eigenvalue weighted by atomic mass is 9.64. The number of pyridine rings is 1. The van der Waals surface area contributed by atoms with Crippen LogP contribution in [0, 0.1) is 5.92 Å². The van der Waals surface area contributed by atoms with Gasteiger partial charge in [-0.1, -0.05) is 36.8 Å². The number of amides is 1. The molecule has 4 nitrogen and oxygen atoms in total. The number of nitrogens with zero attached hydrogens (tertiary/aromatic N) is 2. The van der Waals surface area contributed by atoms with Crippen LogP contribution in [-0.4, -0.2) is 30.5 Å². The predicted molar refractivity (Wildman–Crippen MR) is 109 cm³/mol. The average molecular weight is 417 g/mol. The maximum absolute atomic E-state index is 12.7. The highest BCUT2D eigenvalue weighted by atomic mass is 19.4. The quantitative estimate of drug-likeness (QED) is 0.776. The molecule has 7 heteroatoms. The molecule has 2 heterocycles. The van der Waals surface area contributed by atoms with Crippen LogP contribution < -0.4 is 10.2 Å². The molecule has 1 N–H and O–H groups in total. The third-order valence-corrected chi connectivity index (χ3v) is 6.56. The monoisotopic (exact) mass is 417 g/mol. The maximum atomic E-state index is 12.7. The van der Waals surface area contributed by atoms with Gasteiger partial charge >= 0.3 is 6.18 Å². The number of halogens is 3. The molecule has 0 bridgehead atoms. The Morgan fingerprint density at radius 3 is 2.33 bits per heavy atom. The summed E-state index contributed by atoms with van der Waals surface area (Å²) in [6.07, 6.45) is 1.21. The molecular weight excluding hydrogens is 391 g/mol. The van der Waals surface area contributed by atoms with Crippen molar-refractivity contribution in [3.8, 4) is 0 Å². The molecule has 0 unspecified atom stereocenters. The van der Waals surface area contributed by atoms with Crippen LogP contribution in [0.2, 0.25) is 0 Å². The topological polar surface area (TPSA) is 45.2 Å². The summed E-state index contributed by atoms with van der Waals surface area (Å²) in [6, 6.07) is 12.8. The number of alkyl halides is 3. The number of aromatic nitrogens is 1. The molecule has 0 radical (unpaired) electrons. The lowest BCUT2D eigenvalue weighted by Gasteiger charge is -2.43. The van der Waals surface area contributed by atoms with E-state index in [4.69, 9.17) is 0 Å². The molecule has 1 saturated heterocycles. The van der Waals surface area contributed by atoms with Crippen molar-refractivity contribution >= 4 is 11.7 Å². The molecule has 4 rings (SSSR count). The number of benzene rings is 1. The van der Waals surface area contributed by atoms with Crippen LogP contribution in [0.1, 0.15) is 43.2 Å². The van der Waals surface area contributed by atoms with Crippen molar-refractivity contribution in [2.75, 3.05) is 24.5 Å². The second kappa shape index (κ2) is 8.28. The number of carbonyl (C=O) groups excluding carboxylic acids is 1. The first-order chi connectivity index (χ1) is 14.4. The standard InChI is InChI=1S/C23H26F3N3O/c24-23(25,26)19-7-8-20(27-15-19)29-13-9-17(10-14-29)21(30)28-16-22(11-4-12-22)18-5-2-1-3-6-18/h1-3,5-8,15,17H,4,9-14,16H2,(H,28,30). The Balaban J connectivity index is 1.29. The molecule has 2 fully saturated rings. The van der Waals surface area contributed by atoms with Gasteiger partial charge in [0.2, 0.25) is 5.91 Å². The van der Waals surface area contributed by atoms with Crippen molar-refractivity contribution in [1.29, 1.82) is 0 Å². The van der Waals surface area contributed by atoms with Gasteiger partial charge in [-0.25, -0.2) is 4.98 Å². The van der Waals surface area contributed by atoms with Crippen LogP contribution in [0.3, 0.4) is 0 Å². The lowest BCUT2D eigenvalue weighted by Crippen LogP contribution is -2.48. The minimum atomic E-state index is -4.38. The van der Waals surface area contributed by atoms with Gasteiger partial charge in [-0.05, 0) is 43.4 Å². The van der Waals surface area contributed by atoms with E-state index >= 15 is 0 Å². The van der Waals surface area contributed by atoms with Crippen LogP contribution in [0.15, 0.2) is 48.7 Å². The normalized spacial score (nSPS) is 19.2. The number of anilines is 1. The SMILES string of the molecule is O=C(NCC1(c2ccccc2)CCC1)C1CCN(c2ccc(C(F)(F)F)cn2)CC1. The van der Waals surface area contributed by atoms with Gasteiger partial charge in [0, 0.05) is 37.2 Å². The minimum absolute atomic E-state index is 0.0573. The molecule has 1 aliphatic carbocycles. The molecule has 1 saturated carbocycles. The smallest absolute Gasteiger partial charge is 0.357 e. The zero-order chi connectivity index (χ0) is 21.2. The fourth-order valence-electron chi connectivity index (χ4n) is 4.47. The maximum Gasteiger partial charge on any atom is 0.417 e. The lowest BCUT2D eigenvalue weighted by molar-refractivity contribution is -0.137. The molecule has 2 aromatic rings. The molecule has 0 atom stereocenters. The van der Waals surface area contributed by atoms with Crippen molar-refractivity contribution in [2.45, 2.75) is 43.7 Å². The van der Waals surface area contributed by atoms with Crippen molar-refractivity contribution in [1.82, 2.24) is 10.3 Å². The minimum Gasteiger partial charge on any atom is -0.357 e. The van der Waals surface area contributed by atoms with Gasteiger partial charge in [-0.15, -0.1) is 0 Å². The van der Waals surface area contributed by atoms with E-state index in [0.29, 0.717) is 38.3 Å². The van der Waals surface area contributed by atoms with Gasteiger partial charge < -0.3 is 10.2 Å². The number of rotatable bonds is 5. The molecule has 1 aromatic heterocycles. The van der Waals surface area contributed by atoms with E-state index in [9.17, 15) is 18.0 Å². The fraction of sp³-hybridized carbons (Fsp3) is 0.478. The Morgan fingerprint density at radius 1 is 1.10 bits per heavy atom. The van der Waals surface area contributed by atoms with E-state index in [-0.39, 0.29) is 17.2 Å². The van der Waals surface area contributed by atoms with E-state index in [1.54, 1.807) is 0 Å². The summed E-state index contributed by atoms with van der Waals surface area (Å²) in [4.78, 5) is 18.7. The molecular formula is C23H26F3N3O. The molecule has 30 heavy (non-hydrogen) atoms. The van der Waals surface area contributed by atoms with Crippen LogP contribution in [0.25, 0.3) is 0 Å². The van der Waals surface area contributed by atoms with Crippen LogP contribution in [0.5, 0.6) is 0 Å². The summed E-state index contributed by atoms with van der Waals surface area (Å²) in [7, 11) is 0. The third-order valence-electron chi connectivity index (χ3n) is 6.56. The van der Waals surface area contributed by atoms with Crippen molar-refractivity contribution in [3.63, 3.8) is 0 Å². The summed E-state index contributed by atoms with van der Waals surface area (Å²) in [5.74, 6) is 0.542. The summed E-state index contributed by atoms with van der Waals surface area (Å²) < 4.78 is 38.1. The Labute approximate surface area is 174 Å². The molecule has 0 spiro atoms. The van der Waals surface area contributed by atoms with Crippen molar-refractivity contribution in [2.24, 2.45) is 5.92 Å². The van der Waals surface area contributed by atoms with Gasteiger partial charge in [0.15, 0.2) is 0 Å². The van der Waals surface area contributed by atoms with E-state index < -0.39 is 11.7 Å². The number of piperidine rings is 1. The van der Waals surface area contributed by atoms with Crippen LogP contribution >= 0.6 is 0 Å². The first-order valence-corrected chi connectivity index (χ1v) is 10.5. The van der Waals surface area contributed by atoms with E-state index in [2.05, 4.69) is 22.4 Å². The number of carbonyl (C=O) groups is 1. The van der Waals surface area contributed by atoms with Gasteiger partial charge in [-0.3, -0.25) is 4.79 Å². The fourth-order valence-corrected chi connectivity index (χ4v) is 4.47. The Kier molecular flexibility index (Phi) is 5.71. The second-order valence-electron chi connectivity index (χ2n) is 8.38. The molecule has 1 amide bonds. The number of hydrogen-bond donors (Lipinski definition) is 1. The largest absolute Gasteiger partial charge is 0.417 e.